The number of fused-ring (bicyclic) bond motifs is 1. The first-order chi connectivity index (χ1) is 10.2. The van der Waals surface area contributed by atoms with E-state index < -0.39 is 0 Å². The summed E-state index contributed by atoms with van der Waals surface area (Å²) in [6.07, 6.45) is 3.24. The highest BCUT2D eigenvalue weighted by Gasteiger charge is 2.18. The van der Waals surface area contributed by atoms with E-state index in [1.54, 1.807) is 6.08 Å². The maximum Gasteiger partial charge on any atom is 0.176 e. The fraction of sp³-hybridized carbons (Fsp3) is 0.263. The summed E-state index contributed by atoms with van der Waals surface area (Å²) in [4.78, 5) is 12.3. The van der Waals surface area contributed by atoms with Gasteiger partial charge in [0.05, 0.1) is 5.57 Å². The molecule has 0 unspecified atom stereocenters. The van der Waals surface area contributed by atoms with E-state index in [1.165, 1.54) is 0 Å². The summed E-state index contributed by atoms with van der Waals surface area (Å²) in [6, 6.07) is 16.1. The van der Waals surface area contributed by atoms with E-state index >= 15 is 0 Å². The van der Waals surface area contributed by atoms with Crippen LogP contribution in [0.2, 0.25) is 0 Å². The van der Waals surface area contributed by atoms with Crippen molar-refractivity contribution in [1.29, 1.82) is 5.26 Å². The minimum absolute atomic E-state index is 0.0457. The zero-order valence-corrected chi connectivity index (χ0v) is 12.5. The summed E-state index contributed by atoms with van der Waals surface area (Å²) in [6.45, 7) is 3.97. The third-order valence-electron chi connectivity index (χ3n) is 3.83. The van der Waals surface area contributed by atoms with E-state index in [4.69, 9.17) is 0 Å². The molecule has 0 amide bonds. The van der Waals surface area contributed by atoms with E-state index in [2.05, 4.69) is 6.07 Å². The van der Waals surface area contributed by atoms with Gasteiger partial charge in [0, 0.05) is 5.92 Å². The molecule has 0 bridgehead atoms. The second-order valence-corrected chi connectivity index (χ2v) is 5.15. The predicted octanol–water partition coefficient (Wildman–Crippen LogP) is 4.75. The first-order valence-corrected chi connectivity index (χ1v) is 7.34. The van der Waals surface area contributed by atoms with Crippen LogP contribution in [0.1, 0.15) is 32.3 Å². The summed E-state index contributed by atoms with van der Waals surface area (Å²) >= 11 is 0. The van der Waals surface area contributed by atoms with Crippen molar-refractivity contribution in [1.82, 2.24) is 0 Å². The second-order valence-electron chi connectivity index (χ2n) is 5.15. The van der Waals surface area contributed by atoms with Gasteiger partial charge in [0.15, 0.2) is 5.78 Å². The van der Waals surface area contributed by atoms with Crippen LogP contribution < -0.4 is 0 Å². The first kappa shape index (κ1) is 15.0. The van der Waals surface area contributed by atoms with E-state index in [0.29, 0.717) is 0 Å². The number of rotatable bonds is 5. The van der Waals surface area contributed by atoms with Gasteiger partial charge in [-0.3, -0.25) is 4.79 Å². The van der Waals surface area contributed by atoms with Gasteiger partial charge < -0.3 is 0 Å². The lowest BCUT2D eigenvalue weighted by Crippen LogP contribution is -2.14. The van der Waals surface area contributed by atoms with Gasteiger partial charge in [-0.25, -0.2) is 0 Å². The van der Waals surface area contributed by atoms with Crippen LogP contribution in [-0.2, 0) is 4.79 Å². The van der Waals surface area contributed by atoms with Crippen LogP contribution in [0.5, 0.6) is 0 Å². The van der Waals surface area contributed by atoms with Crippen molar-refractivity contribution in [2.75, 3.05) is 0 Å². The van der Waals surface area contributed by atoms with Gasteiger partial charge >= 0.3 is 0 Å². The SMILES string of the molecule is CCC(CC)C(=O)/C(C#N)=C/c1ccc2ccccc2c1. The molecule has 106 valence electrons. The molecule has 0 fully saturated rings. The number of carbonyl (C=O) groups excluding carboxylic acids is 1. The lowest BCUT2D eigenvalue weighted by molar-refractivity contribution is -0.118. The third-order valence-corrected chi connectivity index (χ3v) is 3.83. The van der Waals surface area contributed by atoms with Crippen molar-refractivity contribution in [2.24, 2.45) is 5.92 Å². The van der Waals surface area contributed by atoms with Crippen molar-refractivity contribution < 1.29 is 4.79 Å². The number of carbonyl (C=O) groups is 1. The average Bonchev–Trinajstić information content (AvgIpc) is 2.53. The molecule has 2 heteroatoms. The Hall–Kier alpha value is -2.40. The molecule has 0 heterocycles. The van der Waals surface area contributed by atoms with Crippen LogP contribution in [-0.4, -0.2) is 5.78 Å². The molecule has 0 aliphatic carbocycles. The summed E-state index contributed by atoms with van der Waals surface area (Å²) in [5, 5.41) is 11.5. The molecule has 0 atom stereocenters. The van der Waals surface area contributed by atoms with Gasteiger partial charge in [-0.15, -0.1) is 0 Å². The third kappa shape index (κ3) is 3.38. The summed E-state index contributed by atoms with van der Waals surface area (Å²) in [7, 11) is 0. The van der Waals surface area contributed by atoms with Crippen molar-refractivity contribution in [3.8, 4) is 6.07 Å². The van der Waals surface area contributed by atoms with Gasteiger partial charge in [0.25, 0.3) is 0 Å². The molecule has 2 nitrogen and oxygen atoms in total. The molecule has 0 aromatic heterocycles. The highest BCUT2D eigenvalue weighted by Crippen LogP contribution is 2.20. The average molecular weight is 277 g/mol. The fourth-order valence-corrected chi connectivity index (χ4v) is 2.50. The van der Waals surface area contributed by atoms with Gasteiger partial charge in [0.2, 0.25) is 0 Å². The summed E-state index contributed by atoms with van der Waals surface area (Å²) in [5.74, 6) is -0.105. The lowest BCUT2D eigenvalue weighted by Gasteiger charge is -2.09. The molecule has 0 aliphatic rings. The number of Topliss-reactive ketones (excluding diaryl/α,β-unsaturated/α-hetero) is 1. The van der Waals surface area contributed by atoms with Gasteiger partial charge in [-0.05, 0) is 41.3 Å². The number of benzene rings is 2. The molecular formula is C19H19NO. The number of ketones is 1. The Morgan fingerprint density at radius 3 is 2.43 bits per heavy atom. The van der Waals surface area contributed by atoms with Crippen LogP contribution in [0.15, 0.2) is 48.0 Å². The maximum atomic E-state index is 12.3. The summed E-state index contributed by atoms with van der Waals surface area (Å²) < 4.78 is 0. The number of hydrogen-bond donors (Lipinski definition) is 0. The highest BCUT2D eigenvalue weighted by atomic mass is 16.1. The van der Waals surface area contributed by atoms with Gasteiger partial charge in [-0.1, -0.05) is 50.2 Å². The lowest BCUT2D eigenvalue weighted by atomic mass is 9.92. The normalized spacial score (nSPS) is 11.6. The largest absolute Gasteiger partial charge is 0.293 e. The fourth-order valence-electron chi connectivity index (χ4n) is 2.50. The van der Waals surface area contributed by atoms with Crippen molar-refractivity contribution in [3.05, 3.63) is 53.6 Å². The molecule has 21 heavy (non-hydrogen) atoms. The smallest absolute Gasteiger partial charge is 0.176 e. The van der Waals surface area contributed by atoms with Crippen molar-refractivity contribution in [3.63, 3.8) is 0 Å². The maximum absolute atomic E-state index is 12.3. The molecule has 2 aromatic carbocycles. The molecular weight excluding hydrogens is 258 g/mol. The highest BCUT2D eigenvalue weighted by molar-refractivity contribution is 6.04. The Labute approximate surface area is 125 Å². The zero-order valence-electron chi connectivity index (χ0n) is 12.5. The van der Waals surface area contributed by atoms with E-state index in [-0.39, 0.29) is 17.3 Å². The predicted molar refractivity (Wildman–Crippen MR) is 86.6 cm³/mol. The Bertz CT molecular complexity index is 718. The Morgan fingerprint density at radius 1 is 1.14 bits per heavy atom. The second kappa shape index (κ2) is 6.85. The molecule has 0 radical (unpaired) electrons. The molecule has 2 aromatic rings. The standard InChI is InChI=1S/C19H19NO/c1-3-15(4-2)19(21)18(13-20)12-14-9-10-16-7-5-6-8-17(16)11-14/h5-12,15H,3-4H2,1-2H3/b18-12+. The van der Waals surface area contributed by atoms with E-state index in [1.807, 2.05) is 56.3 Å². The van der Waals surface area contributed by atoms with Crippen LogP contribution in [0.25, 0.3) is 16.8 Å². The van der Waals surface area contributed by atoms with Gasteiger partial charge in [0.1, 0.15) is 6.07 Å². The number of nitrogens with zero attached hydrogens (tertiary/aromatic N) is 1. The first-order valence-electron chi connectivity index (χ1n) is 7.34. The van der Waals surface area contributed by atoms with Crippen molar-refractivity contribution in [2.45, 2.75) is 26.7 Å². The van der Waals surface area contributed by atoms with Crippen LogP contribution in [0, 0.1) is 17.2 Å². The van der Waals surface area contributed by atoms with Crippen LogP contribution in [0.4, 0.5) is 0 Å². The minimum atomic E-state index is -0.0589. The topological polar surface area (TPSA) is 40.9 Å². The molecule has 0 saturated heterocycles. The van der Waals surface area contributed by atoms with Crippen molar-refractivity contribution >= 4 is 22.6 Å². The number of nitriles is 1. The van der Waals surface area contributed by atoms with Crippen LogP contribution >= 0.6 is 0 Å². The Kier molecular flexibility index (Phi) is 4.90. The molecule has 0 N–H and O–H groups in total. The number of hydrogen-bond acceptors (Lipinski definition) is 2. The number of allylic oxidation sites excluding steroid dienone is 1. The molecule has 2 rings (SSSR count). The van der Waals surface area contributed by atoms with Gasteiger partial charge in [-0.2, -0.15) is 5.26 Å². The van der Waals surface area contributed by atoms with E-state index in [9.17, 15) is 10.1 Å². The molecule has 0 aliphatic heterocycles. The Balaban J connectivity index is 2.38. The molecule has 0 spiro atoms. The van der Waals surface area contributed by atoms with E-state index in [0.717, 1.165) is 29.2 Å². The Morgan fingerprint density at radius 2 is 1.81 bits per heavy atom. The zero-order chi connectivity index (χ0) is 15.2. The summed E-state index contributed by atoms with van der Waals surface area (Å²) in [5.41, 5.74) is 1.14. The molecule has 0 saturated carbocycles. The monoisotopic (exact) mass is 277 g/mol. The van der Waals surface area contributed by atoms with Crippen LogP contribution in [0.3, 0.4) is 0 Å². The minimum Gasteiger partial charge on any atom is -0.293 e. The quantitative estimate of drug-likeness (QED) is 0.584.